The summed E-state index contributed by atoms with van der Waals surface area (Å²) in [5.74, 6) is 0.962. The van der Waals surface area contributed by atoms with Gasteiger partial charge in [0.1, 0.15) is 11.5 Å². The lowest BCUT2D eigenvalue weighted by atomic mass is 10.3. The number of hydrogen-bond acceptors (Lipinski definition) is 5. The number of nitrogens with zero attached hydrogens (tertiary/aromatic N) is 5. The summed E-state index contributed by atoms with van der Waals surface area (Å²) < 4.78 is 11.0. The summed E-state index contributed by atoms with van der Waals surface area (Å²) in [6.45, 7) is 2.97. The van der Waals surface area contributed by atoms with Crippen molar-refractivity contribution in [1.82, 2.24) is 23.1 Å². The van der Waals surface area contributed by atoms with Crippen LogP contribution in [0, 0.1) is 6.92 Å². The minimum Gasteiger partial charge on any atom is -0.497 e. The van der Waals surface area contributed by atoms with E-state index in [1.165, 1.54) is 18.5 Å². The summed E-state index contributed by atoms with van der Waals surface area (Å²) in [5, 5.41) is 0. The van der Waals surface area contributed by atoms with E-state index >= 15 is 0 Å². The van der Waals surface area contributed by atoms with E-state index in [4.69, 9.17) is 4.74 Å². The molecule has 3 heterocycles. The van der Waals surface area contributed by atoms with Crippen LogP contribution < -0.4 is 16.0 Å². The molecule has 0 spiro atoms. The molecule has 9 heteroatoms. The Balaban J connectivity index is 2.07. The number of fused-ring (bicyclic) bond motifs is 3. The lowest BCUT2D eigenvalue weighted by Gasteiger charge is -2.07. The summed E-state index contributed by atoms with van der Waals surface area (Å²) in [6, 6.07) is 7.45. The average Bonchev–Trinajstić information content (AvgIpc) is 3.18. The van der Waals surface area contributed by atoms with Crippen molar-refractivity contribution in [3.05, 3.63) is 57.0 Å². The molecule has 144 valence electrons. The second-order valence-corrected chi connectivity index (χ2v) is 6.69. The number of rotatable bonds is 4. The Morgan fingerprint density at radius 3 is 2.46 bits per heavy atom. The number of aryl methyl sites for hydroxylation is 2. The number of imidazole rings is 2. The monoisotopic (exact) mass is 381 g/mol. The zero-order valence-corrected chi connectivity index (χ0v) is 16.0. The highest BCUT2D eigenvalue weighted by atomic mass is 16.5. The number of carbonyl (C=O) groups excluding carboxylic acids is 1. The first kappa shape index (κ1) is 17.8. The lowest BCUT2D eigenvalue weighted by molar-refractivity contribution is -0.117. The van der Waals surface area contributed by atoms with Gasteiger partial charge in [-0.05, 0) is 38.1 Å². The van der Waals surface area contributed by atoms with Crippen LogP contribution in [0.2, 0.25) is 0 Å². The molecule has 0 bridgehead atoms. The second-order valence-electron chi connectivity index (χ2n) is 6.69. The van der Waals surface area contributed by atoms with Crippen LogP contribution in [0.25, 0.3) is 22.6 Å². The molecule has 4 aromatic rings. The van der Waals surface area contributed by atoms with E-state index in [0.717, 1.165) is 21.7 Å². The third-order valence-electron chi connectivity index (χ3n) is 4.74. The molecule has 4 rings (SSSR count). The van der Waals surface area contributed by atoms with Crippen LogP contribution in [-0.4, -0.2) is 36.0 Å². The molecule has 1 aromatic carbocycles. The van der Waals surface area contributed by atoms with Gasteiger partial charge in [0, 0.05) is 24.6 Å². The minimum absolute atomic E-state index is 0.258. The van der Waals surface area contributed by atoms with Crippen molar-refractivity contribution in [1.29, 1.82) is 0 Å². The van der Waals surface area contributed by atoms with E-state index < -0.39 is 11.2 Å². The molecule has 0 aliphatic heterocycles. The first-order valence-corrected chi connectivity index (χ1v) is 8.67. The number of benzene rings is 1. The van der Waals surface area contributed by atoms with Gasteiger partial charge in [0.15, 0.2) is 11.2 Å². The first-order chi connectivity index (χ1) is 13.3. The maximum Gasteiger partial charge on any atom is 0.332 e. The van der Waals surface area contributed by atoms with Crippen molar-refractivity contribution < 1.29 is 9.53 Å². The molecule has 9 nitrogen and oxygen atoms in total. The third kappa shape index (κ3) is 2.47. The van der Waals surface area contributed by atoms with Crippen LogP contribution in [0.5, 0.6) is 5.75 Å². The molecular weight excluding hydrogens is 362 g/mol. The van der Waals surface area contributed by atoms with E-state index in [-0.39, 0.29) is 23.5 Å². The van der Waals surface area contributed by atoms with Crippen molar-refractivity contribution in [3.63, 3.8) is 0 Å². The molecule has 3 aromatic heterocycles. The molecule has 0 aliphatic carbocycles. The molecule has 0 amide bonds. The number of carbonyl (C=O) groups is 1. The second kappa shape index (κ2) is 6.22. The van der Waals surface area contributed by atoms with Crippen molar-refractivity contribution in [3.8, 4) is 11.4 Å². The van der Waals surface area contributed by atoms with Gasteiger partial charge in [-0.2, -0.15) is 4.98 Å². The number of aromatic nitrogens is 5. The summed E-state index contributed by atoms with van der Waals surface area (Å²) in [7, 11) is 3.14. The van der Waals surface area contributed by atoms with E-state index in [2.05, 4.69) is 4.98 Å². The van der Waals surface area contributed by atoms with Gasteiger partial charge in [0.2, 0.25) is 5.78 Å². The molecule has 0 radical (unpaired) electrons. The van der Waals surface area contributed by atoms with Crippen molar-refractivity contribution in [2.24, 2.45) is 7.05 Å². The quantitative estimate of drug-likeness (QED) is 0.527. The maximum absolute atomic E-state index is 13.0. The number of Topliss-reactive ketones (excluding diaryl/α,β-unsaturated/α-hetero) is 1. The Bertz CT molecular complexity index is 1350. The van der Waals surface area contributed by atoms with Gasteiger partial charge in [-0.15, -0.1) is 0 Å². The van der Waals surface area contributed by atoms with E-state index in [9.17, 15) is 14.4 Å². The fourth-order valence-corrected chi connectivity index (χ4v) is 3.42. The highest BCUT2D eigenvalue weighted by Crippen LogP contribution is 2.22. The van der Waals surface area contributed by atoms with E-state index in [1.807, 2.05) is 35.8 Å². The number of ketones is 1. The van der Waals surface area contributed by atoms with Gasteiger partial charge in [-0.25, -0.2) is 4.79 Å². The molecule has 0 aliphatic rings. The predicted molar refractivity (Wildman–Crippen MR) is 103 cm³/mol. The van der Waals surface area contributed by atoms with E-state index in [1.54, 1.807) is 17.7 Å². The SMILES string of the molecule is COc1ccc(-n2c(C)cn3c4c(=O)n(CC(C)=O)c(=O)n(C)c4nc23)cc1. The van der Waals surface area contributed by atoms with Gasteiger partial charge in [-0.1, -0.05) is 0 Å². The fraction of sp³-hybridized carbons (Fsp3) is 0.263. The maximum atomic E-state index is 13.0. The molecule has 0 saturated carbocycles. The highest BCUT2D eigenvalue weighted by Gasteiger charge is 2.21. The van der Waals surface area contributed by atoms with Gasteiger partial charge in [0.25, 0.3) is 5.56 Å². The van der Waals surface area contributed by atoms with Crippen LogP contribution in [0.3, 0.4) is 0 Å². The number of ether oxygens (including phenoxy) is 1. The summed E-state index contributed by atoms with van der Waals surface area (Å²) in [4.78, 5) is 41.6. The van der Waals surface area contributed by atoms with Crippen LogP contribution >= 0.6 is 0 Å². The summed E-state index contributed by atoms with van der Waals surface area (Å²) >= 11 is 0. The van der Waals surface area contributed by atoms with Crippen LogP contribution in [0.15, 0.2) is 40.1 Å². The first-order valence-electron chi connectivity index (χ1n) is 8.67. The molecule has 0 unspecified atom stereocenters. The standard InChI is InChI=1S/C19H19N5O4/c1-11-9-22-15-16(21(3)19(27)23(17(15)26)10-12(2)25)20-18(22)24(11)13-5-7-14(28-4)8-6-13/h5-9H,10H2,1-4H3. The molecule has 0 saturated heterocycles. The van der Waals surface area contributed by atoms with Gasteiger partial charge in [-0.3, -0.25) is 27.7 Å². The molecule has 0 fully saturated rings. The molecule has 0 N–H and O–H groups in total. The third-order valence-corrected chi connectivity index (χ3v) is 4.74. The smallest absolute Gasteiger partial charge is 0.332 e. The highest BCUT2D eigenvalue weighted by molar-refractivity contribution is 5.78. The fourth-order valence-electron chi connectivity index (χ4n) is 3.42. The van der Waals surface area contributed by atoms with Gasteiger partial charge >= 0.3 is 5.69 Å². The number of methoxy groups -OCH3 is 1. The summed E-state index contributed by atoms with van der Waals surface area (Å²) in [5.41, 5.74) is 1.13. The van der Waals surface area contributed by atoms with Gasteiger partial charge in [0.05, 0.1) is 13.7 Å². The average molecular weight is 381 g/mol. The molecular formula is C19H19N5O4. The van der Waals surface area contributed by atoms with Crippen LogP contribution in [0.1, 0.15) is 12.6 Å². The lowest BCUT2D eigenvalue weighted by Crippen LogP contribution is -2.40. The van der Waals surface area contributed by atoms with Crippen molar-refractivity contribution >= 4 is 22.7 Å². The summed E-state index contributed by atoms with van der Waals surface area (Å²) in [6.07, 6.45) is 1.79. The zero-order chi connectivity index (χ0) is 20.2. The predicted octanol–water partition coefficient (Wildman–Crippen LogP) is 1.04. The zero-order valence-electron chi connectivity index (χ0n) is 16.0. The van der Waals surface area contributed by atoms with Crippen LogP contribution in [0.4, 0.5) is 0 Å². The molecule has 28 heavy (non-hydrogen) atoms. The van der Waals surface area contributed by atoms with Crippen LogP contribution in [-0.2, 0) is 18.4 Å². The Kier molecular flexibility index (Phi) is 3.95. The largest absolute Gasteiger partial charge is 0.497 e. The van der Waals surface area contributed by atoms with E-state index in [0.29, 0.717) is 5.78 Å². The Labute approximate surface area is 159 Å². The number of hydrogen-bond donors (Lipinski definition) is 0. The molecule has 0 atom stereocenters. The van der Waals surface area contributed by atoms with Gasteiger partial charge < -0.3 is 4.74 Å². The minimum atomic E-state index is -0.568. The Hall–Kier alpha value is -3.62. The van der Waals surface area contributed by atoms with Crippen molar-refractivity contribution in [2.45, 2.75) is 20.4 Å². The Morgan fingerprint density at radius 2 is 1.86 bits per heavy atom. The normalized spacial score (nSPS) is 11.4. The Morgan fingerprint density at radius 1 is 1.18 bits per heavy atom. The van der Waals surface area contributed by atoms with Crippen molar-refractivity contribution in [2.75, 3.05) is 7.11 Å². The topological polar surface area (TPSA) is 92.5 Å².